The molecule has 0 atom stereocenters. The molecule has 2 fully saturated rings. The Morgan fingerprint density at radius 3 is 2.71 bits per heavy atom. The monoisotopic (exact) mass is 289 g/mol. The highest BCUT2D eigenvalue weighted by Gasteiger charge is 2.34. The zero-order chi connectivity index (χ0) is 14.5. The molecule has 2 saturated carbocycles. The molecule has 1 heterocycles. The summed E-state index contributed by atoms with van der Waals surface area (Å²) in [5, 5.41) is 8.58. The Kier molecular flexibility index (Phi) is 4.99. The SMILES string of the molecule is CCCNCC1(Cc2ccn(C3CCCC3)n2)CCCC1. The minimum absolute atomic E-state index is 0.476. The third kappa shape index (κ3) is 3.68. The van der Waals surface area contributed by atoms with Crippen molar-refractivity contribution in [3.63, 3.8) is 0 Å². The lowest BCUT2D eigenvalue weighted by Gasteiger charge is -2.28. The van der Waals surface area contributed by atoms with E-state index in [2.05, 4.69) is 29.2 Å². The Morgan fingerprint density at radius 2 is 2.00 bits per heavy atom. The normalized spacial score (nSPS) is 22.1. The first-order valence-corrected chi connectivity index (χ1v) is 9.06. The fourth-order valence-electron chi connectivity index (χ4n) is 4.30. The maximum Gasteiger partial charge on any atom is 0.0630 e. The van der Waals surface area contributed by atoms with E-state index in [1.54, 1.807) is 0 Å². The maximum atomic E-state index is 4.92. The van der Waals surface area contributed by atoms with Gasteiger partial charge in [0, 0.05) is 12.7 Å². The van der Waals surface area contributed by atoms with Crippen LogP contribution in [0.5, 0.6) is 0 Å². The fourth-order valence-corrected chi connectivity index (χ4v) is 4.30. The number of nitrogens with zero attached hydrogens (tertiary/aromatic N) is 2. The van der Waals surface area contributed by atoms with Gasteiger partial charge >= 0.3 is 0 Å². The molecule has 0 unspecified atom stereocenters. The van der Waals surface area contributed by atoms with Gasteiger partial charge < -0.3 is 5.32 Å². The molecule has 2 aliphatic carbocycles. The van der Waals surface area contributed by atoms with Crippen LogP contribution in [0.25, 0.3) is 0 Å². The van der Waals surface area contributed by atoms with Gasteiger partial charge in [-0.1, -0.05) is 32.6 Å². The van der Waals surface area contributed by atoms with Gasteiger partial charge in [-0.2, -0.15) is 5.10 Å². The van der Waals surface area contributed by atoms with Crippen LogP contribution in [0.3, 0.4) is 0 Å². The molecule has 0 radical (unpaired) electrons. The molecule has 0 amide bonds. The number of aromatic nitrogens is 2. The molecular weight excluding hydrogens is 258 g/mol. The first-order chi connectivity index (χ1) is 10.3. The summed E-state index contributed by atoms with van der Waals surface area (Å²) >= 11 is 0. The summed E-state index contributed by atoms with van der Waals surface area (Å²) in [4.78, 5) is 0. The van der Waals surface area contributed by atoms with Gasteiger partial charge in [0.2, 0.25) is 0 Å². The van der Waals surface area contributed by atoms with Crippen molar-refractivity contribution in [2.24, 2.45) is 5.41 Å². The quantitative estimate of drug-likeness (QED) is 0.766. The van der Waals surface area contributed by atoms with Crippen molar-refractivity contribution in [2.45, 2.75) is 77.2 Å². The van der Waals surface area contributed by atoms with E-state index in [-0.39, 0.29) is 0 Å². The molecule has 118 valence electrons. The minimum Gasteiger partial charge on any atom is -0.316 e. The summed E-state index contributed by atoms with van der Waals surface area (Å²) in [7, 11) is 0. The lowest BCUT2D eigenvalue weighted by molar-refractivity contribution is 0.274. The third-order valence-electron chi connectivity index (χ3n) is 5.51. The summed E-state index contributed by atoms with van der Waals surface area (Å²) in [5.74, 6) is 0. The fraction of sp³-hybridized carbons (Fsp3) is 0.833. The molecule has 21 heavy (non-hydrogen) atoms. The largest absolute Gasteiger partial charge is 0.316 e. The molecule has 0 saturated heterocycles. The van der Waals surface area contributed by atoms with Crippen molar-refractivity contribution < 1.29 is 0 Å². The lowest BCUT2D eigenvalue weighted by atomic mass is 9.81. The van der Waals surface area contributed by atoms with Crippen LogP contribution < -0.4 is 5.32 Å². The average Bonchev–Trinajstić information content (AvgIpc) is 3.19. The van der Waals surface area contributed by atoms with Crippen LogP contribution in [0, 0.1) is 5.41 Å². The van der Waals surface area contributed by atoms with E-state index in [0.717, 1.165) is 6.54 Å². The zero-order valence-corrected chi connectivity index (χ0v) is 13.6. The first-order valence-electron chi connectivity index (χ1n) is 9.06. The van der Waals surface area contributed by atoms with Gasteiger partial charge in [-0.15, -0.1) is 0 Å². The number of hydrogen-bond acceptors (Lipinski definition) is 2. The molecular formula is C18H31N3. The summed E-state index contributed by atoms with van der Waals surface area (Å²) in [6, 6.07) is 2.95. The predicted molar refractivity (Wildman–Crippen MR) is 87.5 cm³/mol. The van der Waals surface area contributed by atoms with E-state index in [4.69, 9.17) is 5.10 Å². The van der Waals surface area contributed by atoms with Crippen molar-refractivity contribution in [1.82, 2.24) is 15.1 Å². The van der Waals surface area contributed by atoms with E-state index >= 15 is 0 Å². The second kappa shape index (κ2) is 6.95. The molecule has 1 aromatic heterocycles. The topological polar surface area (TPSA) is 29.9 Å². The Morgan fingerprint density at radius 1 is 1.24 bits per heavy atom. The second-order valence-electron chi connectivity index (χ2n) is 7.29. The zero-order valence-electron chi connectivity index (χ0n) is 13.6. The molecule has 0 bridgehead atoms. The average molecular weight is 289 g/mol. The molecule has 0 aromatic carbocycles. The second-order valence-corrected chi connectivity index (χ2v) is 7.29. The van der Waals surface area contributed by atoms with E-state index in [1.807, 2.05) is 0 Å². The van der Waals surface area contributed by atoms with Crippen molar-refractivity contribution in [3.8, 4) is 0 Å². The first kappa shape index (κ1) is 15.1. The van der Waals surface area contributed by atoms with Crippen molar-refractivity contribution in [1.29, 1.82) is 0 Å². The number of rotatable bonds is 7. The molecule has 1 aromatic rings. The van der Waals surface area contributed by atoms with Gasteiger partial charge in [0.1, 0.15) is 0 Å². The Hall–Kier alpha value is -0.830. The highest BCUT2D eigenvalue weighted by atomic mass is 15.3. The molecule has 3 rings (SSSR count). The van der Waals surface area contributed by atoms with Crippen LogP contribution in [0.4, 0.5) is 0 Å². The van der Waals surface area contributed by atoms with Crippen molar-refractivity contribution in [3.05, 3.63) is 18.0 Å². The number of hydrogen-bond donors (Lipinski definition) is 1. The van der Waals surface area contributed by atoms with E-state index < -0.39 is 0 Å². The van der Waals surface area contributed by atoms with Crippen LogP contribution in [-0.4, -0.2) is 22.9 Å². The van der Waals surface area contributed by atoms with Crippen LogP contribution in [0.1, 0.15) is 76.4 Å². The van der Waals surface area contributed by atoms with E-state index in [9.17, 15) is 0 Å². The summed E-state index contributed by atoms with van der Waals surface area (Å²) in [6.07, 6.45) is 15.6. The van der Waals surface area contributed by atoms with Gasteiger partial charge in [-0.3, -0.25) is 4.68 Å². The van der Waals surface area contributed by atoms with Gasteiger partial charge in [-0.05, 0) is 56.6 Å². The molecule has 2 aliphatic rings. The lowest BCUT2D eigenvalue weighted by Crippen LogP contribution is -2.34. The Bertz CT molecular complexity index is 425. The van der Waals surface area contributed by atoms with Crippen molar-refractivity contribution in [2.75, 3.05) is 13.1 Å². The Labute approximate surface area is 129 Å². The highest BCUT2D eigenvalue weighted by Crippen LogP contribution is 2.40. The van der Waals surface area contributed by atoms with E-state index in [0.29, 0.717) is 11.5 Å². The van der Waals surface area contributed by atoms with Crippen LogP contribution in [0.15, 0.2) is 12.3 Å². The van der Waals surface area contributed by atoms with Gasteiger partial charge in [-0.25, -0.2) is 0 Å². The standard InChI is InChI=1S/C18H31N3/c1-2-12-19-15-18(10-5-6-11-18)14-16-9-13-21(20-16)17-7-3-4-8-17/h9,13,17,19H,2-8,10-12,14-15H2,1H3. The van der Waals surface area contributed by atoms with Crippen molar-refractivity contribution >= 4 is 0 Å². The summed E-state index contributed by atoms with van der Waals surface area (Å²) in [6.45, 7) is 4.58. The molecule has 3 nitrogen and oxygen atoms in total. The van der Waals surface area contributed by atoms with Crippen LogP contribution in [0.2, 0.25) is 0 Å². The smallest absolute Gasteiger partial charge is 0.0630 e. The summed E-state index contributed by atoms with van der Waals surface area (Å²) < 4.78 is 2.25. The van der Waals surface area contributed by atoms with Gasteiger partial charge in [0.25, 0.3) is 0 Å². The molecule has 3 heteroatoms. The third-order valence-corrected chi connectivity index (χ3v) is 5.51. The van der Waals surface area contributed by atoms with Crippen LogP contribution >= 0.6 is 0 Å². The molecule has 1 N–H and O–H groups in total. The molecule has 0 aliphatic heterocycles. The predicted octanol–water partition coefficient (Wildman–Crippen LogP) is 4.10. The maximum absolute atomic E-state index is 4.92. The van der Waals surface area contributed by atoms with Crippen LogP contribution in [-0.2, 0) is 6.42 Å². The van der Waals surface area contributed by atoms with E-state index in [1.165, 1.54) is 76.4 Å². The van der Waals surface area contributed by atoms with Gasteiger partial charge in [0.15, 0.2) is 0 Å². The summed E-state index contributed by atoms with van der Waals surface area (Å²) in [5.41, 5.74) is 1.80. The number of nitrogens with one attached hydrogen (secondary N) is 1. The molecule has 0 spiro atoms. The Balaban J connectivity index is 1.62. The van der Waals surface area contributed by atoms with Gasteiger partial charge in [0.05, 0.1) is 11.7 Å². The minimum atomic E-state index is 0.476. The highest BCUT2D eigenvalue weighted by molar-refractivity contribution is 5.06.